The minimum Gasteiger partial charge on any atom is -0.490 e. The molecule has 1 spiro atoms. The van der Waals surface area contributed by atoms with Crippen LogP contribution in [0.2, 0.25) is 0 Å². The number of carbonyl (C=O) groups excluding carboxylic acids is 2. The summed E-state index contributed by atoms with van der Waals surface area (Å²) in [6.07, 6.45) is 3.36. The molecule has 2 fully saturated rings. The second-order valence-electron chi connectivity index (χ2n) is 7.96. The number of hydrogen-bond donors (Lipinski definition) is 2. The highest BCUT2D eigenvalue weighted by Gasteiger charge is 2.54. The predicted molar refractivity (Wildman–Crippen MR) is 112 cm³/mol. The van der Waals surface area contributed by atoms with E-state index in [-0.39, 0.29) is 30.3 Å². The summed E-state index contributed by atoms with van der Waals surface area (Å²) in [5.41, 5.74) is 7.01. The van der Waals surface area contributed by atoms with E-state index < -0.39 is 5.91 Å². The van der Waals surface area contributed by atoms with Gasteiger partial charge in [0.05, 0.1) is 11.7 Å². The van der Waals surface area contributed by atoms with Gasteiger partial charge < -0.3 is 20.5 Å². The van der Waals surface area contributed by atoms with Crippen LogP contribution in [0.15, 0.2) is 53.0 Å². The highest BCUT2D eigenvalue weighted by molar-refractivity contribution is 9.10. The third-order valence-electron chi connectivity index (χ3n) is 5.72. The lowest BCUT2D eigenvalue weighted by Crippen LogP contribution is -2.58. The lowest BCUT2D eigenvalue weighted by atomic mass is 9.53. The van der Waals surface area contributed by atoms with E-state index >= 15 is 0 Å². The Morgan fingerprint density at radius 2 is 1.83 bits per heavy atom. The van der Waals surface area contributed by atoms with Crippen LogP contribution in [0.5, 0.6) is 5.75 Å². The molecule has 2 saturated carbocycles. The van der Waals surface area contributed by atoms with Gasteiger partial charge in [0.2, 0.25) is 0 Å². The molecule has 0 heterocycles. The number of ether oxygens (including phenoxy) is 2. The summed E-state index contributed by atoms with van der Waals surface area (Å²) in [6.45, 7) is 0.273. The molecule has 4 rings (SSSR count). The third-order valence-corrected chi connectivity index (χ3v) is 6.21. The zero-order valence-electron chi connectivity index (χ0n) is 15.9. The lowest BCUT2D eigenvalue weighted by Gasteiger charge is -2.57. The standard InChI is InChI=1S/C22H23BrN2O4/c23-15-6-7-18(20(24)26)19(8-15)29-17-11-22(12-17)9-16(10-22)25-21(27)28-13-14-4-2-1-3-5-14/h1-8,16-17H,9-13H2,(H2,24,26)(H,25,27). The van der Waals surface area contributed by atoms with E-state index in [9.17, 15) is 9.59 Å². The van der Waals surface area contributed by atoms with Crippen molar-refractivity contribution in [3.8, 4) is 5.75 Å². The normalized spacial score (nSPS) is 24.9. The van der Waals surface area contributed by atoms with Gasteiger partial charge in [-0.25, -0.2) is 4.79 Å². The van der Waals surface area contributed by atoms with E-state index in [0.29, 0.717) is 11.3 Å². The number of rotatable bonds is 6. The zero-order valence-corrected chi connectivity index (χ0v) is 17.5. The highest BCUT2D eigenvalue weighted by atomic mass is 79.9. The van der Waals surface area contributed by atoms with Crippen LogP contribution in [0.3, 0.4) is 0 Å². The van der Waals surface area contributed by atoms with Gasteiger partial charge in [-0.2, -0.15) is 0 Å². The summed E-state index contributed by atoms with van der Waals surface area (Å²) in [5.74, 6) is 0.0219. The summed E-state index contributed by atoms with van der Waals surface area (Å²) >= 11 is 3.40. The summed E-state index contributed by atoms with van der Waals surface area (Å²) in [4.78, 5) is 23.5. The molecule has 2 aromatic carbocycles. The van der Waals surface area contributed by atoms with Gasteiger partial charge in [-0.05, 0) is 54.9 Å². The summed E-state index contributed by atoms with van der Waals surface area (Å²) < 4.78 is 12.1. The van der Waals surface area contributed by atoms with Crippen molar-refractivity contribution in [2.45, 2.75) is 44.4 Å². The average molecular weight is 459 g/mol. The van der Waals surface area contributed by atoms with E-state index in [1.807, 2.05) is 30.3 Å². The molecule has 0 saturated heterocycles. The monoisotopic (exact) mass is 458 g/mol. The van der Waals surface area contributed by atoms with Gasteiger partial charge in [-0.3, -0.25) is 4.79 Å². The molecule has 29 heavy (non-hydrogen) atoms. The van der Waals surface area contributed by atoms with Gasteiger partial charge in [-0.15, -0.1) is 0 Å². The second-order valence-corrected chi connectivity index (χ2v) is 8.88. The maximum Gasteiger partial charge on any atom is 0.407 e. The number of carbonyl (C=O) groups is 2. The van der Waals surface area contributed by atoms with Crippen LogP contribution in [0, 0.1) is 5.41 Å². The fourth-order valence-corrected chi connectivity index (χ4v) is 4.66. The molecule has 7 heteroatoms. The first kappa shape index (κ1) is 19.8. The van der Waals surface area contributed by atoms with Crippen molar-refractivity contribution in [2.24, 2.45) is 11.1 Å². The quantitative estimate of drug-likeness (QED) is 0.679. The van der Waals surface area contributed by atoms with E-state index in [2.05, 4.69) is 21.2 Å². The summed E-state index contributed by atoms with van der Waals surface area (Å²) in [5, 5.41) is 2.94. The molecule has 2 aromatic rings. The Morgan fingerprint density at radius 3 is 2.52 bits per heavy atom. The number of primary amides is 1. The highest BCUT2D eigenvalue weighted by Crippen LogP contribution is 2.57. The Balaban J connectivity index is 1.20. The molecule has 2 amide bonds. The number of halogens is 1. The van der Waals surface area contributed by atoms with Crippen molar-refractivity contribution in [2.75, 3.05) is 0 Å². The van der Waals surface area contributed by atoms with Crippen LogP contribution in [-0.2, 0) is 11.3 Å². The van der Waals surface area contributed by atoms with Crippen molar-refractivity contribution in [1.29, 1.82) is 0 Å². The Labute approximate surface area is 177 Å². The number of benzene rings is 2. The van der Waals surface area contributed by atoms with E-state index in [1.54, 1.807) is 18.2 Å². The van der Waals surface area contributed by atoms with Crippen molar-refractivity contribution in [1.82, 2.24) is 5.32 Å². The minimum absolute atomic E-state index is 0.0633. The molecule has 0 aromatic heterocycles. The fourth-order valence-electron chi connectivity index (χ4n) is 4.32. The molecule has 2 aliphatic rings. The van der Waals surface area contributed by atoms with Crippen molar-refractivity contribution in [3.05, 3.63) is 64.1 Å². The second kappa shape index (κ2) is 8.06. The largest absolute Gasteiger partial charge is 0.490 e. The van der Waals surface area contributed by atoms with Crippen LogP contribution in [0.1, 0.15) is 41.6 Å². The zero-order chi connectivity index (χ0) is 20.4. The fraction of sp³-hybridized carbons (Fsp3) is 0.364. The number of nitrogens with one attached hydrogen (secondary N) is 1. The van der Waals surface area contributed by atoms with Crippen molar-refractivity contribution in [3.63, 3.8) is 0 Å². The number of hydrogen-bond acceptors (Lipinski definition) is 4. The van der Waals surface area contributed by atoms with Gasteiger partial charge in [0.25, 0.3) is 5.91 Å². The van der Waals surface area contributed by atoms with E-state index in [4.69, 9.17) is 15.2 Å². The molecule has 3 N–H and O–H groups in total. The molecule has 6 nitrogen and oxygen atoms in total. The molecule has 0 aliphatic heterocycles. The molecular weight excluding hydrogens is 436 g/mol. The van der Waals surface area contributed by atoms with Crippen LogP contribution in [0.25, 0.3) is 0 Å². The lowest BCUT2D eigenvalue weighted by molar-refractivity contribution is -0.0844. The van der Waals surface area contributed by atoms with Gasteiger partial charge in [-0.1, -0.05) is 46.3 Å². The van der Waals surface area contributed by atoms with Gasteiger partial charge in [0.1, 0.15) is 12.4 Å². The molecule has 0 radical (unpaired) electrons. The van der Waals surface area contributed by atoms with E-state index in [1.165, 1.54) is 0 Å². The molecular formula is C22H23BrN2O4. The molecule has 0 bridgehead atoms. The third kappa shape index (κ3) is 4.56. The van der Waals surface area contributed by atoms with Crippen molar-refractivity contribution < 1.29 is 19.1 Å². The number of alkyl carbamates (subject to hydrolysis) is 1. The van der Waals surface area contributed by atoms with Crippen LogP contribution in [-0.4, -0.2) is 24.1 Å². The van der Waals surface area contributed by atoms with Crippen molar-refractivity contribution >= 4 is 27.9 Å². The van der Waals surface area contributed by atoms with E-state index in [0.717, 1.165) is 35.7 Å². The number of nitrogens with two attached hydrogens (primary N) is 1. The van der Waals surface area contributed by atoms with Gasteiger partial charge in [0, 0.05) is 10.5 Å². The Bertz CT molecular complexity index is 904. The Hall–Kier alpha value is -2.54. The number of amides is 2. The minimum atomic E-state index is -0.497. The summed E-state index contributed by atoms with van der Waals surface area (Å²) in [7, 11) is 0. The molecule has 0 atom stereocenters. The average Bonchev–Trinajstić information content (AvgIpc) is 2.63. The topological polar surface area (TPSA) is 90.7 Å². The van der Waals surface area contributed by atoms with Crippen LogP contribution in [0.4, 0.5) is 4.79 Å². The first-order valence-corrected chi connectivity index (χ1v) is 10.4. The van der Waals surface area contributed by atoms with Gasteiger partial charge >= 0.3 is 6.09 Å². The Kier molecular flexibility index (Phi) is 5.50. The molecule has 0 unspecified atom stereocenters. The maximum atomic E-state index is 12.0. The van der Waals surface area contributed by atoms with Crippen LogP contribution < -0.4 is 15.8 Å². The van der Waals surface area contributed by atoms with Crippen LogP contribution >= 0.6 is 15.9 Å². The summed E-state index contributed by atoms with van der Waals surface area (Å²) in [6, 6.07) is 15.0. The predicted octanol–water partition coefficient (Wildman–Crippen LogP) is 4.16. The first-order valence-electron chi connectivity index (χ1n) is 9.66. The SMILES string of the molecule is NC(=O)c1ccc(Br)cc1OC1CC2(CC(NC(=O)OCc3ccccc3)C2)C1. The van der Waals surface area contributed by atoms with Gasteiger partial charge in [0.15, 0.2) is 0 Å². The maximum absolute atomic E-state index is 12.0. The Morgan fingerprint density at radius 1 is 1.10 bits per heavy atom. The smallest absolute Gasteiger partial charge is 0.407 e. The molecule has 2 aliphatic carbocycles. The first-order chi connectivity index (χ1) is 13.9. The molecule has 152 valence electrons.